The van der Waals surface area contributed by atoms with Crippen molar-refractivity contribution in [2.75, 3.05) is 19.6 Å². The zero-order valence-electron chi connectivity index (χ0n) is 13.6. The Kier molecular flexibility index (Phi) is 5.23. The lowest BCUT2D eigenvalue weighted by Crippen LogP contribution is -2.44. The van der Waals surface area contributed by atoms with Crippen LogP contribution >= 0.6 is 11.6 Å². The molecule has 1 unspecified atom stereocenters. The first-order valence-corrected chi connectivity index (χ1v) is 8.76. The Labute approximate surface area is 142 Å². The van der Waals surface area contributed by atoms with Gasteiger partial charge in [-0.05, 0) is 56.4 Å². The number of fused-ring (bicyclic) bond motifs is 1. The molecule has 124 valence electrons. The van der Waals surface area contributed by atoms with Crippen LogP contribution in [0.3, 0.4) is 0 Å². The van der Waals surface area contributed by atoms with Crippen molar-refractivity contribution in [3.63, 3.8) is 0 Å². The van der Waals surface area contributed by atoms with Crippen LogP contribution in [-0.4, -0.2) is 41.1 Å². The molecule has 1 fully saturated rings. The number of hydrogen-bond acceptors (Lipinski definition) is 2. The van der Waals surface area contributed by atoms with Crippen molar-refractivity contribution in [3.8, 4) is 0 Å². The molecule has 0 spiro atoms. The molecule has 5 heteroatoms. The van der Waals surface area contributed by atoms with E-state index in [9.17, 15) is 4.79 Å². The summed E-state index contributed by atoms with van der Waals surface area (Å²) in [6.07, 6.45) is 5.82. The van der Waals surface area contributed by atoms with Crippen LogP contribution in [0.25, 0.3) is 10.9 Å². The minimum absolute atomic E-state index is 0.0481. The number of halogens is 1. The van der Waals surface area contributed by atoms with Crippen LogP contribution in [0.4, 0.5) is 0 Å². The van der Waals surface area contributed by atoms with Gasteiger partial charge in [-0.2, -0.15) is 0 Å². The zero-order chi connectivity index (χ0) is 16.2. The van der Waals surface area contributed by atoms with E-state index in [1.54, 1.807) is 0 Å². The average molecular weight is 334 g/mol. The maximum Gasteiger partial charge on any atom is 0.240 e. The summed E-state index contributed by atoms with van der Waals surface area (Å²) in [5, 5.41) is 4.90. The van der Waals surface area contributed by atoms with Gasteiger partial charge in [0.25, 0.3) is 0 Å². The molecule has 1 aliphatic rings. The van der Waals surface area contributed by atoms with Gasteiger partial charge >= 0.3 is 0 Å². The third-order valence-electron chi connectivity index (χ3n) is 4.44. The summed E-state index contributed by atoms with van der Waals surface area (Å²) < 4.78 is 1.95. The molecule has 0 saturated carbocycles. The van der Waals surface area contributed by atoms with Crippen molar-refractivity contribution in [3.05, 3.63) is 35.5 Å². The zero-order valence-corrected chi connectivity index (χ0v) is 14.4. The normalized spacial score (nSPS) is 17.3. The van der Waals surface area contributed by atoms with E-state index in [1.807, 2.05) is 35.0 Å². The van der Waals surface area contributed by atoms with Crippen molar-refractivity contribution >= 4 is 28.4 Å². The second-order valence-electron chi connectivity index (χ2n) is 6.48. The van der Waals surface area contributed by atoms with Gasteiger partial charge in [0.2, 0.25) is 5.91 Å². The largest absolute Gasteiger partial charge is 0.351 e. The van der Waals surface area contributed by atoms with Crippen molar-refractivity contribution in [2.45, 2.75) is 38.8 Å². The molecule has 1 aromatic carbocycles. The fraction of sp³-hybridized carbons (Fsp3) is 0.500. The molecule has 2 heterocycles. The highest BCUT2D eigenvalue weighted by Crippen LogP contribution is 2.20. The molecule has 1 saturated heterocycles. The standard InChI is InChI=1S/C18H24ClN3O/c1-14(12-21-8-3-2-4-9-21)20-18(23)13-22-10-7-15-5-6-16(19)11-17(15)22/h5-7,10-11,14H,2-4,8-9,12-13H2,1H3,(H,20,23). The van der Waals surface area contributed by atoms with E-state index < -0.39 is 0 Å². The molecular formula is C18H24ClN3O. The van der Waals surface area contributed by atoms with E-state index in [2.05, 4.69) is 17.1 Å². The summed E-state index contributed by atoms with van der Waals surface area (Å²) in [5.41, 5.74) is 0.997. The third kappa shape index (κ3) is 4.27. The predicted octanol–water partition coefficient (Wildman–Crippen LogP) is 3.29. The summed E-state index contributed by atoms with van der Waals surface area (Å²) in [4.78, 5) is 14.8. The summed E-state index contributed by atoms with van der Waals surface area (Å²) in [5.74, 6) is 0.0481. The van der Waals surface area contributed by atoms with Crippen LogP contribution in [-0.2, 0) is 11.3 Å². The van der Waals surface area contributed by atoms with Crippen molar-refractivity contribution in [1.82, 2.24) is 14.8 Å². The topological polar surface area (TPSA) is 37.3 Å². The monoisotopic (exact) mass is 333 g/mol. The van der Waals surface area contributed by atoms with Crippen LogP contribution in [0.5, 0.6) is 0 Å². The molecule has 0 radical (unpaired) electrons. The molecule has 4 nitrogen and oxygen atoms in total. The quantitative estimate of drug-likeness (QED) is 0.911. The fourth-order valence-electron chi connectivity index (χ4n) is 3.35. The Hall–Kier alpha value is -1.52. The van der Waals surface area contributed by atoms with Crippen LogP contribution in [0.1, 0.15) is 26.2 Å². The lowest BCUT2D eigenvalue weighted by atomic mass is 10.1. The lowest BCUT2D eigenvalue weighted by Gasteiger charge is -2.29. The van der Waals surface area contributed by atoms with Gasteiger partial charge in [0.15, 0.2) is 0 Å². The molecule has 1 aliphatic heterocycles. The number of nitrogens with zero attached hydrogens (tertiary/aromatic N) is 2. The molecule has 1 aromatic heterocycles. The Bertz CT molecular complexity index is 676. The first kappa shape index (κ1) is 16.3. The van der Waals surface area contributed by atoms with Gasteiger partial charge in [0, 0.05) is 29.3 Å². The molecule has 3 rings (SSSR count). The number of rotatable bonds is 5. The van der Waals surface area contributed by atoms with Crippen LogP contribution in [0.15, 0.2) is 30.5 Å². The minimum atomic E-state index is 0.0481. The maximum atomic E-state index is 12.3. The lowest BCUT2D eigenvalue weighted by molar-refractivity contribution is -0.122. The van der Waals surface area contributed by atoms with E-state index >= 15 is 0 Å². The number of aromatic nitrogens is 1. The predicted molar refractivity (Wildman–Crippen MR) is 94.8 cm³/mol. The minimum Gasteiger partial charge on any atom is -0.351 e. The summed E-state index contributed by atoms with van der Waals surface area (Å²) >= 11 is 6.06. The van der Waals surface area contributed by atoms with Crippen LogP contribution in [0, 0.1) is 0 Å². The molecular weight excluding hydrogens is 310 g/mol. The highest BCUT2D eigenvalue weighted by molar-refractivity contribution is 6.31. The number of amides is 1. The molecule has 1 N–H and O–H groups in total. The van der Waals surface area contributed by atoms with Gasteiger partial charge in [0.1, 0.15) is 6.54 Å². The first-order chi connectivity index (χ1) is 11.1. The van der Waals surface area contributed by atoms with Crippen molar-refractivity contribution in [2.24, 2.45) is 0 Å². The first-order valence-electron chi connectivity index (χ1n) is 8.38. The van der Waals surface area contributed by atoms with Crippen molar-refractivity contribution in [1.29, 1.82) is 0 Å². The van der Waals surface area contributed by atoms with E-state index in [0.717, 1.165) is 30.5 Å². The molecule has 2 aromatic rings. The number of hydrogen-bond donors (Lipinski definition) is 1. The van der Waals surface area contributed by atoms with Gasteiger partial charge in [-0.1, -0.05) is 24.1 Å². The van der Waals surface area contributed by atoms with Gasteiger partial charge in [-0.15, -0.1) is 0 Å². The third-order valence-corrected chi connectivity index (χ3v) is 4.67. The van der Waals surface area contributed by atoms with E-state index in [-0.39, 0.29) is 11.9 Å². The number of nitrogens with one attached hydrogen (secondary N) is 1. The van der Waals surface area contributed by atoms with Crippen LogP contribution < -0.4 is 5.32 Å². The van der Waals surface area contributed by atoms with Gasteiger partial charge < -0.3 is 14.8 Å². The van der Waals surface area contributed by atoms with Gasteiger partial charge in [-0.3, -0.25) is 4.79 Å². The highest BCUT2D eigenvalue weighted by Gasteiger charge is 2.15. The SMILES string of the molecule is CC(CN1CCCCC1)NC(=O)Cn1ccc2ccc(Cl)cc21. The number of piperidine rings is 1. The Morgan fingerprint density at radius 1 is 1.26 bits per heavy atom. The summed E-state index contributed by atoms with van der Waals surface area (Å²) in [7, 11) is 0. The molecule has 1 atom stereocenters. The Morgan fingerprint density at radius 2 is 2.04 bits per heavy atom. The Balaban J connectivity index is 1.56. The Morgan fingerprint density at radius 3 is 2.83 bits per heavy atom. The maximum absolute atomic E-state index is 12.3. The second-order valence-corrected chi connectivity index (χ2v) is 6.91. The molecule has 23 heavy (non-hydrogen) atoms. The molecule has 1 amide bonds. The average Bonchev–Trinajstić information content (AvgIpc) is 2.90. The second kappa shape index (κ2) is 7.37. The fourth-order valence-corrected chi connectivity index (χ4v) is 3.51. The van der Waals surface area contributed by atoms with E-state index in [4.69, 9.17) is 11.6 Å². The van der Waals surface area contributed by atoms with Gasteiger partial charge in [0.05, 0.1) is 0 Å². The van der Waals surface area contributed by atoms with Gasteiger partial charge in [-0.25, -0.2) is 0 Å². The van der Waals surface area contributed by atoms with Crippen molar-refractivity contribution < 1.29 is 4.79 Å². The highest BCUT2D eigenvalue weighted by atomic mass is 35.5. The number of carbonyl (C=O) groups is 1. The van der Waals surface area contributed by atoms with E-state index in [1.165, 1.54) is 19.3 Å². The summed E-state index contributed by atoms with van der Waals surface area (Å²) in [6, 6.07) is 7.93. The number of carbonyl (C=O) groups excluding carboxylic acids is 1. The number of likely N-dealkylation sites (tertiary alicyclic amines) is 1. The molecule has 0 bridgehead atoms. The smallest absolute Gasteiger partial charge is 0.240 e. The van der Waals surface area contributed by atoms with E-state index in [0.29, 0.717) is 11.6 Å². The summed E-state index contributed by atoms with van der Waals surface area (Å²) in [6.45, 7) is 5.65. The van der Waals surface area contributed by atoms with Crippen LogP contribution in [0.2, 0.25) is 5.02 Å². The molecule has 0 aliphatic carbocycles. The number of benzene rings is 1.